The molecule has 3 nitrogen and oxygen atoms in total. The summed E-state index contributed by atoms with van der Waals surface area (Å²) in [4.78, 5) is 4.13. The molecule has 84 valence electrons. The van der Waals surface area contributed by atoms with Gasteiger partial charge in [0, 0.05) is 10.6 Å². The van der Waals surface area contributed by atoms with Gasteiger partial charge >= 0.3 is 0 Å². The van der Waals surface area contributed by atoms with Crippen LogP contribution in [0.15, 0.2) is 30.3 Å². The number of nitrogens with zero attached hydrogens (tertiary/aromatic N) is 2. The minimum absolute atomic E-state index is 0.191. The fourth-order valence-corrected chi connectivity index (χ4v) is 1.92. The van der Waals surface area contributed by atoms with E-state index < -0.39 is 0 Å². The van der Waals surface area contributed by atoms with Crippen molar-refractivity contribution in [3.05, 3.63) is 45.9 Å². The predicted molar refractivity (Wildman–Crippen MR) is 68.8 cm³/mol. The van der Waals surface area contributed by atoms with Crippen LogP contribution in [0.5, 0.6) is 0 Å². The van der Waals surface area contributed by atoms with Crippen LogP contribution in [0.3, 0.4) is 0 Å². The Bertz CT molecular complexity index is 618. The number of hydrogen-bond donors (Lipinski definition) is 1. The molecule has 17 heavy (non-hydrogen) atoms. The molecule has 0 radical (unpaired) electrons. The van der Waals surface area contributed by atoms with Crippen LogP contribution in [0, 0.1) is 11.3 Å². The van der Waals surface area contributed by atoms with Crippen LogP contribution in [0.4, 0.5) is 5.82 Å². The highest BCUT2D eigenvalue weighted by Crippen LogP contribution is 2.29. The first kappa shape index (κ1) is 11.7. The molecule has 1 aromatic heterocycles. The van der Waals surface area contributed by atoms with Crippen LogP contribution in [-0.4, -0.2) is 4.98 Å². The number of nitrogen functional groups attached to an aromatic ring is 1. The third-order valence-corrected chi connectivity index (χ3v) is 2.80. The summed E-state index contributed by atoms with van der Waals surface area (Å²) in [7, 11) is 0. The molecule has 0 saturated heterocycles. The Balaban J connectivity index is 2.54. The summed E-state index contributed by atoms with van der Waals surface area (Å²) in [5.74, 6) is 0.191. The topological polar surface area (TPSA) is 62.7 Å². The van der Waals surface area contributed by atoms with Gasteiger partial charge in [0.25, 0.3) is 0 Å². The minimum atomic E-state index is 0.191. The quantitative estimate of drug-likeness (QED) is 0.857. The molecule has 0 spiro atoms. The standard InChI is InChI=1S/C12H7Cl2N3/c13-8-2-3-9(10(14)5-8)11-4-1-7(6-15)12(16)17-11/h1-5H,(H2,16,17). The van der Waals surface area contributed by atoms with E-state index in [4.69, 9.17) is 34.2 Å². The fraction of sp³-hybridized carbons (Fsp3) is 0. The highest BCUT2D eigenvalue weighted by atomic mass is 35.5. The van der Waals surface area contributed by atoms with Crippen LogP contribution in [0.25, 0.3) is 11.3 Å². The Morgan fingerprint density at radius 2 is 1.94 bits per heavy atom. The number of benzene rings is 1. The van der Waals surface area contributed by atoms with E-state index in [0.717, 1.165) is 5.56 Å². The van der Waals surface area contributed by atoms with Gasteiger partial charge in [0.15, 0.2) is 0 Å². The van der Waals surface area contributed by atoms with Crippen LogP contribution in [0.1, 0.15) is 5.56 Å². The van der Waals surface area contributed by atoms with Gasteiger partial charge < -0.3 is 5.73 Å². The van der Waals surface area contributed by atoms with Crippen molar-refractivity contribution in [3.63, 3.8) is 0 Å². The third-order valence-electron chi connectivity index (χ3n) is 2.25. The zero-order valence-electron chi connectivity index (χ0n) is 8.61. The number of halogens is 2. The van der Waals surface area contributed by atoms with Gasteiger partial charge in [-0.3, -0.25) is 0 Å². The molecule has 2 aromatic rings. The Labute approximate surface area is 108 Å². The van der Waals surface area contributed by atoms with Crippen LogP contribution in [0.2, 0.25) is 10.0 Å². The zero-order chi connectivity index (χ0) is 12.4. The van der Waals surface area contributed by atoms with Gasteiger partial charge in [-0.1, -0.05) is 23.2 Å². The van der Waals surface area contributed by atoms with Crippen molar-refractivity contribution >= 4 is 29.0 Å². The summed E-state index contributed by atoms with van der Waals surface area (Å²) in [6.07, 6.45) is 0. The second kappa shape index (κ2) is 4.62. The van der Waals surface area contributed by atoms with E-state index in [1.54, 1.807) is 30.3 Å². The summed E-state index contributed by atoms with van der Waals surface area (Å²) in [5.41, 5.74) is 7.34. The van der Waals surface area contributed by atoms with Crippen LogP contribution < -0.4 is 5.73 Å². The average Bonchev–Trinajstić information content (AvgIpc) is 2.29. The molecule has 0 aliphatic rings. The van der Waals surface area contributed by atoms with Crippen LogP contribution >= 0.6 is 23.2 Å². The maximum absolute atomic E-state index is 8.76. The molecule has 0 aliphatic heterocycles. The second-order valence-electron chi connectivity index (χ2n) is 3.37. The average molecular weight is 264 g/mol. The molecule has 2 rings (SSSR count). The summed E-state index contributed by atoms with van der Waals surface area (Å²) >= 11 is 11.9. The maximum atomic E-state index is 8.76. The van der Waals surface area contributed by atoms with E-state index in [0.29, 0.717) is 21.3 Å². The summed E-state index contributed by atoms with van der Waals surface area (Å²) in [6, 6.07) is 10.4. The lowest BCUT2D eigenvalue weighted by Crippen LogP contribution is -1.96. The van der Waals surface area contributed by atoms with Crippen molar-refractivity contribution in [1.82, 2.24) is 4.98 Å². The lowest BCUT2D eigenvalue weighted by molar-refractivity contribution is 1.31. The number of anilines is 1. The largest absolute Gasteiger partial charge is 0.383 e. The van der Waals surface area contributed by atoms with Gasteiger partial charge in [-0.25, -0.2) is 4.98 Å². The molecule has 0 saturated carbocycles. The number of rotatable bonds is 1. The molecule has 0 amide bonds. The third kappa shape index (κ3) is 2.33. The Hall–Kier alpha value is -1.76. The molecule has 0 fully saturated rings. The van der Waals surface area contributed by atoms with Crippen molar-refractivity contribution in [3.8, 4) is 17.3 Å². The Morgan fingerprint density at radius 3 is 2.53 bits per heavy atom. The summed E-state index contributed by atoms with van der Waals surface area (Å²) < 4.78 is 0. The van der Waals surface area contributed by atoms with E-state index in [1.807, 2.05) is 6.07 Å². The summed E-state index contributed by atoms with van der Waals surface area (Å²) in [5, 5.41) is 9.81. The Morgan fingerprint density at radius 1 is 1.18 bits per heavy atom. The van der Waals surface area contributed by atoms with E-state index in [2.05, 4.69) is 4.98 Å². The monoisotopic (exact) mass is 263 g/mol. The van der Waals surface area contributed by atoms with Crippen molar-refractivity contribution in [2.24, 2.45) is 0 Å². The van der Waals surface area contributed by atoms with Crippen molar-refractivity contribution in [2.45, 2.75) is 0 Å². The molecule has 0 aliphatic carbocycles. The normalized spacial score (nSPS) is 9.94. The lowest BCUT2D eigenvalue weighted by Gasteiger charge is -2.05. The lowest BCUT2D eigenvalue weighted by atomic mass is 10.1. The number of hydrogen-bond acceptors (Lipinski definition) is 3. The first-order valence-electron chi connectivity index (χ1n) is 4.74. The van der Waals surface area contributed by atoms with Gasteiger partial charge in [0.05, 0.1) is 16.3 Å². The van der Waals surface area contributed by atoms with Crippen LogP contribution in [-0.2, 0) is 0 Å². The molecule has 1 aromatic carbocycles. The minimum Gasteiger partial charge on any atom is -0.383 e. The smallest absolute Gasteiger partial charge is 0.142 e. The van der Waals surface area contributed by atoms with Gasteiger partial charge in [-0.15, -0.1) is 0 Å². The van der Waals surface area contributed by atoms with E-state index in [1.165, 1.54) is 0 Å². The summed E-state index contributed by atoms with van der Waals surface area (Å²) in [6.45, 7) is 0. The number of pyridine rings is 1. The first-order chi connectivity index (χ1) is 8.11. The van der Waals surface area contributed by atoms with E-state index in [-0.39, 0.29) is 5.82 Å². The van der Waals surface area contributed by atoms with Gasteiger partial charge in [0.1, 0.15) is 11.9 Å². The van der Waals surface area contributed by atoms with Gasteiger partial charge in [-0.2, -0.15) is 5.26 Å². The molecular weight excluding hydrogens is 257 g/mol. The van der Waals surface area contributed by atoms with Crippen molar-refractivity contribution in [1.29, 1.82) is 5.26 Å². The highest BCUT2D eigenvalue weighted by Gasteiger charge is 2.08. The molecular formula is C12H7Cl2N3. The molecule has 1 heterocycles. The highest BCUT2D eigenvalue weighted by molar-refractivity contribution is 6.36. The first-order valence-corrected chi connectivity index (χ1v) is 5.49. The SMILES string of the molecule is N#Cc1ccc(-c2ccc(Cl)cc2Cl)nc1N. The Kier molecular flexibility index (Phi) is 3.19. The van der Waals surface area contributed by atoms with Gasteiger partial charge in [-0.05, 0) is 30.3 Å². The second-order valence-corrected chi connectivity index (χ2v) is 4.21. The fourth-order valence-electron chi connectivity index (χ4n) is 1.42. The molecule has 2 N–H and O–H groups in total. The van der Waals surface area contributed by atoms with Crippen molar-refractivity contribution < 1.29 is 0 Å². The number of nitrogens with two attached hydrogens (primary N) is 1. The zero-order valence-corrected chi connectivity index (χ0v) is 10.1. The number of nitriles is 1. The maximum Gasteiger partial charge on any atom is 0.142 e. The van der Waals surface area contributed by atoms with E-state index >= 15 is 0 Å². The van der Waals surface area contributed by atoms with Gasteiger partial charge in [0.2, 0.25) is 0 Å². The van der Waals surface area contributed by atoms with E-state index in [9.17, 15) is 0 Å². The number of aromatic nitrogens is 1. The molecule has 5 heteroatoms. The molecule has 0 atom stereocenters. The van der Waals surface area contributed by atoms with Crippen molar-refractivity contribution in [2.75, 3.05) is 5.73 Å². The molecule has 0 unspecified atom stereocenters. The predicted octanol–water partition coefficient (Wildman–Crippen LogP) is 3.51. The molecule has 0 bridgehead atoms.